The second kappa shape index (κ2) is 4.09. The Morgan fingerprint density at radius 1 is 1.75 bits per heavy atom. The Kier molecular flexibility index (Phi) is 3.58. The molecule has 1 nitrogen and oxygen atoms in total. The van der Waals surface area contributed by atoms with Crippen LogP contribution in [0, 0.1) is 0 Å². The monoisotopic (exact) mass is 286 g/mol. The third-order valence-corrected chi connectivity index (χ3v) is 3.94. The average Bonchev–Trinajstić information content (AvgIpc) is 2.30. The van der Waals surface area contributed by atoms with Crippen molar-refractivity contribution in [1.82, 2.24) is 0 Å². The molecule has 0 amide bonds. The summed E-state index contributed by atoms with van der Waals surface area (Å²) in [6.45, 7) is 1.64. The van der Waals surface area contributed by atoms with E-state index in [2.05, 4.69) is 15.9 Å². The van der Waals surface area contributed by atoms with Crippen LogP contribution in [0.15, 0.2) is 10.5 Å². The topological polar surface area (TPSA) is 17.1 Å². The number of ketones is 1. The van der Waals surface area contributed by atoms with E-state index < -0.39 is 5.38 Å². The number of hydrogen-bond acceptors (Lipinski definition) is 2. The first-order valence-corrected chi connectivity index (χ1v) is 5.58. The molecule has 0 saturated heterocycles. The molecule has 1 aromatic heterocycles. The highest BCUT2D eigenvalue weighted by molar-refractivity contribution is 9.10. The molecule has 0 aliphatic rings. The summed E-state index contributed by atoms with van der Waals surface area (Å²) in [4.78, 5) is 11.9. The summed E-state index contributed by atoms with van der Waals surface area (Å²) in [6.07, 6.45) is 0. The second-order valence-corrected chi connectivity index (χ2v) is 5.38. The summed E-state index contributed by atoms with van der Waals surface area (Å²) in [6, 6.07) is 1.69. The Morgan fingerprint density at radius 2 is 2.33 bits per heavy atom. The number of alkyl halides is 1. The van der Waals surface area contributed by atoms with Crippen molar-refractivity contribution in [2.75, 3.05) is 0 Å². The van der Waals surface area contributed by atoms with E-state index in [9.17, 15) is 4.79 Å². The molecule has 1 atom stereocenters. The van der Waals surface area contributed by atoms with Gasteiger partial charge in [0.15, 0.2) is 5.78 Å². The van der Waals surface area contributed by atoms with Gasteiger partial charge in [-0.25, -0.2) is 0 Å². The van der Waals surface area contributed by atoms with Gasteiger partial charge >= 0.3 is 0 Å². The predicted octanol–water partition coefficient (Wildman–Crippen LogP) is 3.97. The largest absolute Gasteiger partial charge is 0.292 e. The van der Waals surface area contributed by atoms with Crippen LogP contribution in [-0.4, -0.2) is 11.2 Å². The van der Waals surface area contributed by atoms with Crippen molar-refractivity contribution in [2.24, 2.45) is 0 Å². The summed E-state index contributed by atoms with van der Waals surface area (Å²) < 4.78 is 1.32. The normalized spacial score (nSPS) is 13.0. The minimum absolute atomic E-state index is 0.0886. The zero-order chi connectivity index (χ0) is 9.30. The Bertz CT molecular complexity index is 289. The summed E-state index contributed by atoms with van der Waals surface area (Å²) in [5.41, 5.74) is 0. The van der Waals surface area contributed by atoms with Crippen LogP contribution in [-0.2, 0) is 0 Å². The number of hydrogen-bond donors (Lipinski definition) is 0. The molecule has 1 rings (SSSR count). The van der Waals surface area contributed by atoms with Crippen molar-refractivity contribution >= 4 is 56.3 Å². The highest BCUT2D eigenvalue weighted by Gasteiger charge is 2.16. The number of halogens is 3. The molecule has 0 bridgehead atoms. The third-order valence-electron chi connectivity index (χ3n) is 1.25. The van der Waals surface area contributed by atoms with Gasteiger partial charge in [-0.1, -0.05) is 11.6 Å². The van der Waals surface area contributed by atoms with Crippen molar-refractivity contribution < 1.29 is 4.79 Å². The zero-order valence-corrected chi connectivity index (χ0v) is 10.0. The van der Waals surface area contributed by atoms with E-state index in [0.717, 1.165) is 4.47 Å². The Balaban J connectivity index is 2.97. The molecule has 0 aliphatic carbocycles. The van der Waals surface area contributed by atoms with E-state index in [1.54, 1.807) is 13.0 Å². The minimum Gasteiger partial charge on any atom is -0.292 e. The van der Waals surface area contributed by atoms with Crippen LogP contribution >= 0.6 is 50.5 Å². The first-order valence-electron chi connectivity index (χ1n) is 3.15. The fraction of sp³-hybridized carbons (Fsp3) is 0.286. The molecule has 66 valence electrons. The number of rotatable bonds is 2. The number of carbonyl (C=O) groups excluding carboxylic acids is 1. The van der Waals surface area contributed by atoms with Crippen LogP contribution in [0.5, 0.6) is 0 Å². The molecule has 0 saturated carbocycles. The minimum atomic E-state index is -0.494. The van der Waals surface area contributed by atoms with Gasteiger partial charge in [0.25, 0.3) is 0 Å². The maximum atomic E-state index is 11.3. The van der Waals surface area contributed by atoms with Gasteiger partial charge in [0.2, 0.25) is 0 Å². The third kappa shape index (κ3) is 2.22. The maximum Gasteiger partial charge on any atom is 0.190 e. The van der Waals surface area contributed by atoms with Gasteiger partial charge in [0.05, 0.1) is 10.3 Å². The number of Topliss-reactive ketones (excluding diaryl/α,β-unsaturated/α-hetero) is 1. The fourth-order valence-electron chi connectivity index (χ4n) is 0.664. The molecule has 0 aliphatic heterocycles. The van der Waals surface area contributed by atoms with Crippen molar-refractivity contribution in [2.45, 2.75) is 12.3 Å². The van der Waals surface area contributed by atoms with Crippen LogP contribution in [0.4, 0.5) is 0 Å². The van der Waals surface area contributed by atoms with Gasteiger partial charge < -0.3 is 0 Å². The van der Waals surface area contributed by atoms with Gasteiger partial charge in [-0.15, -0.1) is 22.9 Å². The molecule has 0 spiro atoms. The maximum absolute atomic E-state index is 11.3. The molecule has 12 heavy (non-hydrogen) atoms. The summed E-state index contributed by atoms with van der Waals surface area (Å²) in [5, 5.41) is -0.494. The molecule has 1 aromatic rings. The Hall–Kier alpha value is 0.430. The molecule has 0 radical (unpaired) electrons. The van der Waals surface area contributed by atoms with Gasteiger partial charge in [-0.2, -0.15) is 0 Å². The van der Waals surface area contributed by atoms with Crippen molar-refractivity contribution in [3.63, 3.8) is 0 Å². The number of thiophene rings is 1. The average molecular weight is 288 g/mol. The standard InChI is InChI=1S/C7H5BrCl2OS/c1-3(9)6(11)5-2-4(8)7(10)12-5/h2-3H,1H3. The highest BCUT2D eigenvalue weighted by atomic mass is 79.9. The molecular weight excluding hydrogens is 283 g/mol. The van der Waals surface area contributed by atoms with Crippen LogP contribution in [0.25, 0.3) is 0 Å². The van der Waals surface area contributed by atoms with E-state index in [4.69, 9.17) is 23.2 Å². The first-order chi connectivity index (χ1) is 5.52. The summed E-state index contributed by atoms with van der Waals surface area (Å²) in [5.74, 6) is -0.0886. The lowest BCUT2D eigenvalue weighted by atomic mass is 10.2. The van der Waals surface area contributed by atoms with E-state index in [0.29, 0.717) is 9.21 Å². The Morgan fingerprint density at radius 3 is 2.67 bits per heavy atom. The molecule has 0 fully saturated rings. The quantitative estimate of drug-likeness (QED) is 0.594. The smallest absolute Gasteiger partial charge is 0.190 e. The van der Waals surface area contributed by atoms with Crippen LogP contribution in [0.2, 0.25) is 4.34 Å². The molecular formula is C7H5BrCl2OS. The SMILES string of the molecule is CC(Cl)C(=O)c1cc(Br)c(Cl)s1. The van der Waals surface area contributed by atoms with Crippen molar-refractivity contribution in [1.29, 1.82) is 0 Å². The summed E-state index contributed by atoms with van der Waals surface area (Å²) >= 11 is 15.8. The van der Waals surface area contributed by atoms with Crippen LogP contribution in [0.3, 0.4) is 0 Å². The van der Waals surface area contributed by atoms with Crippen LogP contribution in [0.1, 0.15) is 16.6 Å². The van der Waals surface area contributed by atoms with E-state index in [1.807, 2.05) is 0 Å². The lowest BCUT2D eigenvalue weighted by Crippen LogP contribution is -2.07. The molecule has 1 unspecified atom stereocenters. The van der Waals surface area contributed by atoms with Crippen LogP contribution < -0.4 is 0 Å². The van der Waals surface area contributed by atoms with Gasteiger partial charge in [0.1, 0.15) is 4.34 Å². The van der Waals surface area contributed by atoms with E-state index >= 15 is 0 Å². The zero-order valence-electron chi connectivity index (χ0n) is 6.11. The van der Waals surface area contributed by atoms with Crippen molar-refractivity contribution in [3.8, 4) is 0 Å². The predicted molar refractivity (Wildman–Crippen MR) is 56.7 cm³/mol. The summed E-state index contributed by atoms with van der Waals surface area (Å²) in [7, 11) is 0. The van der Waals surface area contributed by atoms with Crippen molar-refractivity contribution in [3.05, 3.63) is 19.8 Å². The lowest BCUT2D eigenvalue weighted by molar-refractivity contribution is 0.0995. The van der Waals surface area contributed by atoms with E-state index in [1.165, 1.54) is 11.3 Å². The fourth-order valence-corrected chi connectivity index (χ4v) is 2.58. The second-order valence-electron chi connectivity index (χ2n) is 2.21. The molecule has 0 aromatic carbocycles. The van der Waals surface area contributed by atoms with Gasteiger partial charge in [-0.05, 0) is 28.9 Å². The lowest BCUT2D eigenvalue weighted by Gasteiger charge is -1.96. The van der Waals surface area contributed by atoms with E-state index in [-0.39, 0.29) is 5.78 Å². The molecule has 5 heteroatoms. The Labute approximate surface area is 92.8 Å². The number of carbonyl (C=O) groups is 1. The first kappa shape index (κ1) is 10.5. The van der Waals surface area contributed by atoms with Gasteiger partial charge in [0, 0.05) is 4.47 Å². The van der Waals surface area contributed by atoms with Gasteiger partial charge in [-0.3, -0.25) is 4.79 Å². The molecule has 1 heterocycles. The molecule has 0 N–H and O–H groups in total. The highest BCUT2D eigenvalue weighted by Crippen LogP contribution is 2.32.